The quantitative estimate of drug-likeness (QED) is 0.873. The molecule has 0 bridgehead atoms. The minimum atomic E-state index is -0.851. The highest BCUT2D eigenvalue weighted by molar-refractivity contribution is 5.88. The Morgan fingerprint density at radius 3 is 2.54 bits per heavy atom. The van der Waals surface area contributed by atoms with Gasteiger partial charge in [0.05, 0.1) is 18.6 Å². The van der Waals surface area contributed by atoms with Crippen molar-refractivity contribution in [1.82, 2.24) is 9.80 Å². The second kappa shape index (κ2) is 7.50. The number of nitrogens with zero attached hydrogens (tertiary/aromatic N) is 2. The van der Waals surface area contributed by atoms with Gasteiger partial charge in [-0.3, -0.25) is 14.5 Å². The Bertz CT molecular complexity index is 690. The summed E-state index contributed by atoms with van der Waals surface area (Å²) < 4.78 is 5.15. The predicted octanol–water partition coefficient (Wildman–Crippen LogP) is 2.11. The Morgan fingerprint density at radius 2 is 1.96 bits per heavy atom. The number of likely N-dealkylation sites (tertiary alicyclic amines) is 2. The minimum absolute atomic E-state index is 0.0507. The molecule has 2 saturated heterocycles. The van der Waals surface area contributed by atoms with Crippen molar-refractivity contribution in [3.05, 3.63) is 35.9 Å². The smallest absolute Gasteiger partial charge is 0.309 e. The number of aliphatic carboxylic acids is 1. The molecule has 6 nitrogen and oxygen atoms in total. The summed E-state index contributed by atoms with van der Waals surface area (Å²) in [5, 5.41) is 9.52. The van der Waals surface area contributed by atoms with Crippen molar-refractivity contribution in [1.29, 1.82) is 0 Å². The Hall–Kier alpha value is -2.34. The number of methoxy groups -OCH3 is 1. The third-order valence-corrected chi connectivity index (χ3v) is 5.88. The normalized spacial score (nSPS) is 23.1. The van der Waals surface area contributed by atoms with Gasteiger partial charge >= 0.3 is 5.97 Å². The van der Waals surface area contributed by atoms with Crippen LogP contribution in [0.3, 0.4) is 0 Å². The molecule has 0 aromatic heterocycles. The number of hydrogen-bond donors (Lipinski definition) is 1. The molecule has 2 aliphatic heterocycles. The van der Waals surface area contributed by atoms with Crippen LogP contribution >= 0.6 is 0 Å². The van der Waals surface area contributed by atoms with E-state index in [4.69, 9.17) is 4.74 Å². The van der Waals surface area contributed by atoms with Gasteiger partial charge in [0, 0.05) is 33.1 Å². The molecule has 1 N–H and O–H groups in total. The number of ether oxygens (including phenoxy) is 1. The van der Waals surface area contributed by atoms with Gasteiger partial charge in [0.1, 0.15) is 5.75 Å². The zero-order chi connectivity index (χ0) is 18.7. The second-order valence-electron chi connectivity index (χ2n) is 7.13. The van der Waals surface area contributed by atoms with Gasteiger partial charge in [0.25, 0.3) is 0 Å². The van der Waals surface area contributed by atoms with Gasteiger partial charge in [-0.15, -0.1) is 0 Å². The van der Waals surface area contributed by atoms with Crippen LogP contribution in [0.4, 0.5) is 0 Å². The summed E-state index contributed by atoms with van der Waals surface area (Å²) in [5.74, 6) is -0.649. The zero-order valence-corrected chi connectivity index (χ0v) is 15.4. The van der Waals surface area contributed by atoms with Crippen LogP contribution in [0, 0.1) is 5.92 Å². The lowest BCUT2D eigenvalue weighted by Crippen LogP contribution is -2.56. The predicted molar refractivity (Wildman–Crippen MR) is 98.9 cm³/mol. The SMILES string of the molecule is COc1ccc(C=CCN2CCC3(CC2)C(C(=O)O)CC(=O)N3C)cc1. The molecule has 1 aromatic rings. The Labute approximate surface area is 154 Å². The molecule has 140 valence electrons. The Balaban J connectivity index is 1.57. The number of carboxylic acids is 1. The van der Waals surface area contributed by atoms with Gasteiger partial charge in [0.15, 0.2) is 0 Å². The van der Waals surface area contributed by atoms with Crippen LogP contribution in [0.25, 0.3) is 6.08 Å². The van der Waals surface area contributed by atoms with Crippen LogP contribution < -0.4 is 4.74 Å². The molecule has 1 atom stereocenters. The molecule has 1 aromatic carbocycles. The number of benzene rings is 1. The molecule has 2 aliphatic rings. The number of amides is 1. The average Bonchev–Trinajstić information content (AvgIpc) is 2.89. The molecule has 0 saturated carbocycles. The van der Waals surface area contributed by atoms with Crippen LogP contribution in [0.15, 0.2) is 30.3 Å². The average molecular weight is 358 g/mol. The van der Waals surface area contributed by atoms with E-state index in [0.717, 1.165) is 30.9 Å². The van der Waals surface area contributed by atoms with Crippen molar-refractivity contribution in [2.24, 2.45) is 5.92 Å². The number of rotatable bonds is 5. The summed E-state index contributed by atoms with van der Waals surface area (Å²) >= 11 is 0. The van der Waals surface area contributed by atoms with E-state index in [1.165, 1.54) is 0 Å². The van der Waals surface area contributed by atoms with Gasteiger partial charge in [-0.25, -0.2) is 0 Å². The second-order valence-corrected chi connectivity index (χ2v) is 7.13. The maximum atomic E-state index is 12.0. The molecule has 26 heavy (non-hydrogen) atoms. The molecule has 6 heteroatoms. The van der Waals surface area contributed by atoms with Crippen molar-refractivity contribution in [3.8, 4) is 5.75 Å². The van der Waals surface area contributed by atoms with E-state index in [2.05, 4.69) is 17.1 Å². The van der Waals surface area contributed by atoms with Crippen LogP contribution in [0.5, 0.6) is 5.75 Å². The molecule has 2 heterocycles. The molecule has 0 aliphatic carbocycles. The first-order valence-electron chi connectivity index (χ1n) is 8.99. The van der Waals surface area contributed by atoms with Crippen molar-refractivity contribution in [3.63, 3.8) is 0 Å². The lowest BCUT2D eigenvalue weighted by molar-refractivity contribution is -0.146. The number of carbonyl (C=O) groups is 2. The maximum Gasteiger partial charge on any atom is 0.309 e. The highest BCUT2D eigenvalue weighted by Crippen LogP contribution is 2.42. The minimum Gasteiger partial charge on any atom is -0.497 e. The van der Waals surface area contributed by atoms with Crippen molar-refractivity contribution >= 4 is 18.0 Å². The van der Waals surface area contributed by atoms with E-state index in [9.17, 15) is 14.7 Å². The fourth-order valence-corrected chi connectivity index (χ4v) is 4.16. The first-order chi connectivity index (χ1) is 12.5. The van der Waals surface area contributed by atoms with Crippen LogP contribution in [0.1, 0.15) is 24.8 Å². The fourth-order valence-electron chi connectivity index (χ4n) is 4.16. The van der Waals surface area contributed by atoms with Crippen molar-refractivity contribution in [2.45, 2.75) is 24.8 Å². The molecule has 3 rings (SSSR count). The third kappa shape index (κ3) is 3.46. The number of carbonyl (C=O) groups excluding carboxylic acids is 1. The summed E-state index contributed by atoms with van der Waals surface area (Å²) in [7, 11) is 3.41. The van der Waals surface area contributed by atoms with Crippen LogP contribution in [-0.4, -0.2) is 66.1 Å². The molecular formula is C20H26N2O4. The number of piperidine rings is 1. The van der Waals surface area contributed by atoms with Crippen molar-refractivity contribution in [2.75, 3.05) is 33.8 Å². The van der Waals surface area contributed by atoms with Gasteiger partial charge in [-0.2, -0.15) is 0 Å². The number of hydrogen-bond acceptors (Lipinski definition) is 4. The molecule has 1 spiro atoms. The highest BCUT2D eigenvalue weighted by atomic mass is 16.5. The largest absolute Gasteiger partial charge is 0.497 e. The van der Waals surface area contributed by atoms with E-state index >= 15 is 0 Å². The van der Waals surface area contributed by atoms with Gasteiger partial charge in [0.2, 0.25) is 5.91 Å². The van der Waals surface area contributed by atoms with Gasteiger partial charge in [-0.1, -0.05) is 24.3 Å². The topological polar surface area (TPSA) is 70.1 Å². The summed E-state index contributed by atoms with van der Waals surface area (Å²) in [6.45, 7) is 2.42. The van der Waals surface area contributed by atoms with E-state index in [0.29, 0.717) is 12.8 Å². The third-order valence-electron chi connectivity index (χ3n) is 5.88. The Morgan fingerprint density at radius 1 is 1.31 bits per heavy atom. The molecule has 1 amide bonds. The number of carboxylic acid groups (broad SMARTS) is 1. The first kappa shape index (κ1) is 18.5. The van der Waals surface area contributed by atoms with Crippen LogP contribution in [0.2, 0.25) is 0 Å². The summed E-state index contributed by atoms with van der Waals surface area (Å²) in [6, 6.07) is 7.89. The van der Waals surface area contributed by atoms with E-state index in [-0.39, 0.29) is 12.3 Å². The van der Waals surface area contributed by atoms with Crippen LogP contribution in [-0.2, 0) is 9.59 Å². The van der Waals surface area contributed by atoms with Gasteiger partial charge < -0.3 is 14.7 Å². The van der Waals surface area contributed by atoms with E-state index < -0.39 is 17.4 Å². The zero-order valence-electron chi connectivity index (χ0n) is 15.4. The summed E-state index contributed by atoms with van der Waals surface area (Å²) in [4.78, 5) is 27.7. The lowest BCUT2D eigenvalue weighted by atomic mass is 9.77. The molecule has 0 radical (unpaired) electrons. The van der Waals surface area contributed by atoms with E-state index in [1.54, 1.807) is 19.1 Å². The first-order valence-corrected chi connectivity index (χ1v) is 8.99. The monoisotopic (exact) mass is 358 g/mol. The lowest BCUT2D eigenvalue weighted by Gasteiger charge is -2.45. The maximum absolute atomic E-state index is 12.0. The molecule has 1 unspecified atom stereocenters. The highest BCUT2D eigenvalue weighted by Gasteiger charge is 2.55. The summed E-state index contributed by atoms with van der Waals surface area (Å²) in [6.07, 6.45) is 5.75. The van der Waals surface area contributed by atoms with Crippen molar-refractivity contribution < 1.29 is 19.4 Å². The standard InChI is InChI=1S/C20H26N2O4/c1-21-18(23)14-17(19(24)25)20(21)9-12-22(13-10-20)11-3-4-15-5-7-16(26-2)8-6-15/h3-8,17H,9-14H2,1-2H3,(H,24,25). The van der Waals surface area contributed by atoms with Gasteiger partial charge in [-0.05, 0) is 30.5 Å². The van der Waals surface area contributed by atoms with E-state index in [1.807, 2.05) is 24.3 Å². The fraction of sp³-hybridized carbons (Fsp3) is 0.500. The Kier molecular flexibility index (Phi) is 5.32. The summed E-state index contributed by atoms with van der Waals surface area (Å²) in [5.41, 5.74) is 0.602. The molecular weight excluding hydrogens is 332 g/mol. The molecule has 2 fully saturated rings.